The van der Waals surface area contributed by atoms with E-state index in [2.05, 4.69) is 10.1 Å². The lowest BCUT2D eigenvalue weighted by Gasteiger charge is -2.18. The number of halogens is 4. The first-order chi connectivity index (χ1) is 9.67. The van der Waals surface area contributed by atoms with E-state index in [1.54, 1.807) is 0 Å². The molecule has 1 amide bonds. The van der Waals surface area contributed by atoms with E-state index in [4.69, 9.17) is 13.0 Å². The fourth-order valence-electron chi connectivity index (χ4n) is 1.55. The molecule has 0 bridgehead atoms. The Morgan fingerprint density at radius 3 is 2.80 bits per heavy atom. The number of nitrogens with one attached hydrogen (secondary N) is 1. The van der Waals surface area contributed by atoms with Crippen molar-refractivity contribution in [2.45, 2.75) is 26.2 Å². The highest BCUT2D eigenvalue weighted by molar-refractivity contribution is 6.31. The van der Waals surface area contributed by atoms with Crippen molar-refractivity contribution in [3.63, 3.8) is 0 Å². The summed E-state index contributed by atoms with van der Waals surface area (Å²) in [4.78, 5) is 11.4. The molecule has 20 heavy (non-hydrogen) atoms. The maximum Gasteiger partial charge on any atom is 0.345 e. The van der Waals surface area contributed by atoms with Crippen molar-refractivity contribution in [2.75, 3.05) is 6.61 Å². The fraction of sp³-hybridized carbons (Fsp3) is 0.417. The topological polar surface area (TPSA) is 58.6 Å². The van der Waals surface area contributed by atoms with Crippen LogP contribution in [0.5, 0.6) is 0 Å². The van der Waals surface area contributed by atoms with Gasteiger partial charge in [0.05, 0.1) is 14.0 Å². The third kappa shape index (κ3) is 4.66. The Morgan fingerprint density at radius 2 is 2.25 bits per heavy atom. The Balaban J connectivity index is 2.99. The number of aliphatic hydroxyl groups excluding tert-OH is 1. The van der Waals surface area contributed by atoms with Crippen LogP contribution in [-0.4, -0.2) is 24.2 Å². The summed E-state index contributed by atoms with van der Waals surface area (Å²) in [6.07, 6.45) is 0. The van der Waals surface area contributed by atoms with E-state index in [0.717, 1.165) is 12.1 Å². The second kappa shape index (κ2) is 7.47. The molecule has 0 saturated carbocycles. The molecule has 0 aromatic heterocycles. The molecule has 0 heterocycles. The number of carbonyl (C=O) groups is 1. The van der Waals surface area contributed by atoms with Crippen LogP contribution in [0.3, 0.4) is 0 Å². The third-order valence-electron chi connectivity index (χ3n) is 2.39. The SMILES string of the molecule is [2H][C@@](C)(NC(=O)COC(F)F)c1cc(F)cc(Cl)c1CO. The molecule has 4 nitrogen and oxygen atoms in total. The second-order valence-corrected chi connectivity index (χ2v) is 4.22. The summed E-state index contributed by atoms with van der Waals surface area (Å²) in [5, 5.41) is 11.2. The summed E-state index contributed by atoms with van der Waals surface area (Å²) in [6, 6.07) is -0.000526. The zero-order chi connectivity index (χ0) is 16.2. The van der Waals surface area contributed by atoms with Gasteiger partial charge in [-0.3, -0.25) is 4.79 Å². The molecule has 0 spiro atoms. The van der Waals surface area contributed by atoms with Gasteiger partial charge in [0, 0.05) is 10.6 Å². The van der Waals surface area contributed by atoms with E-state index in [1.165, 1.54) is 6.92 Å². The number of alkyl halides is 2. The maximum absolute atomic E-state index is 13.4. The summed E-state index contributed by atoms with van der Waals surface area (Å²) in [6.45, 7) is -3.46. The van der Waals surface area contributed by atoms with Crippen LogP contribution >= 0.6 is 11.6 Å². The van der Waals surface area contributed by atoms with Crippen LogP contribution in [0.25, 0.3) is 0 Å². The molecule has 8 heteroatoms. The molecule has 0 aliphatic heterocycles. The van der Waals surface area contributed by atoms with Crippen molar-refractivity contribution >= 4 is 17.5 Å². The Morgan fingerprint density at radius 1 is 1.60 bits per heavy atom. The molecule has 0 aliphatic carbocycles. The molecule has 0 aliphatic rings. The number of hydrogen-bond acceptors (Lipinski definition) is 3. The lowest BCUT2D eigenvalue weighted by atomic mass is 10.0. The maximum atomic E-state index is 13.4. The van der Waals surface area contributed by atoms with E-state index in [9.17, 15) is 23.1 Å². The fourth-order valence-corrected chi connectivity index (χ4v) is 1.82. The van der Waals surface area contributed by atoms with Crippen LogP contribution in [0.4, 0.5) is 13.2 Å². The minimum Gasteiger partial charge on any atom is -0.392 e. The van der Waals surface area contributed by atoms with E-state index >= 15 is 0 Å². The quantitative estimate of drug-likeness (QED) is 0.848. The van der Waals surface area contributed by atoms with Crippen LogP contribution in [0.1, 0.15) is 25.4 Å². The van der Waals surface area contributed by atoms with Gasteiger partial charge < -0.3 is 15.2 Å². The normalized spacial score (nSPS) is 14.8. The van der Waals surface area contributed by atoms with E-state index in [-0.39, 0.29) is 16.1 Å². The van der Waals surface area contributed by atoms with Crippen LogP contribution in [0, 0.1) is 5.82 Å². The van der Waals surface area contributed by atoms with E-state index in [0.29, 0.717) is 0 Å². The first-order valence-corrected chi connectivity index (χ1v) is 5.85. The lowest BCUT2D eigenvalue weighted by molar-refractivity contribution is -0.152. The number of carbonyl (C=O) groups excluding carboxylic acids is 1. The summed E-state index contributed by atoms with van der Waals surface area (Å²) < 4.78 is 48.9. The van der Waals surface area contributed by atoms with Crippen LogP contribution in [0.2, 0.25) is 5.02 Å². The molecule has 0 unspecified atom stereocenters. The van der Waals surface area contributed by atoms with Crippen molar-refractivity contribution < 1.29 is 29.2 Å². The first-order valence-electron chi connectivity index (χ1n) is 5.97. The van der Waals surface area contributed by atoms with E-state index < -0.39 is 37.6 Å². The van der Waals surface area contributed by atoms with Gasteiger partial charge in [0.1, 0.15) is 12.4 Å². The minimum absolute atomic E-state index is 0.0608. The van der Waals surface area contributed by atoms with Gasteiger partial charge in [-0.05, 0) is 24.6 Å². The number of hydrogen-bond donors (Lipinski definition) is 2. The molecule has 1 aromatic rings. The predicted octanol–water partition coefficient (Wildman–Crippen LogP) is 2.39. The number of ether oxygens (including phenoxy) is 1. The Bertz CT molecular complexity index is 529. The van der Waals surface area contributed by atoms with Gasteiger partial charge in [-0.2, -0.15) is 8.78 Å². The predicted molar refractivity (Wildman–Crippen MR) is 65.8 cm³/mol. The van der Waals surface area contributed by atoms with Crippen molar-refractivity contribution in [3.05, 3.63) is 34.1 Å². The molecule has 1 atom stereocenters. The molecule has 2 N–H and O–H groups in total. The van der Waals surface area contributed by atoms with Gasteiger partial charge in [-0.1, -0.05) is 11.6 Å². The zero-order valence-corrected chi connectivity index (χ0v) is 11.2. The van der Waals surface area contributed by atoms with Gasteiger partial charge >= 0.3 is 6.61 Å². The molecule has 1 aromatic carbocycles. The highest BCUT2D eigenvalue weighted by Crippen LogP contribution is 2.26. The van der Waals surface area contributed by atoms with Gasteiger partial charge in [0.15, 0.2) is 0 Å². The molecule has 1 rings (SSSR count). The molecule has 0 fully saturated rings. The van der Waals surface area contributed by atoms with Crippen LogP contribution in [-0.2, 0) is 16.1 Å². The van der Waals surface area contributed by atoms with Crippen molar-refractivity contribution in [1.29, 1.82) is 0 Å². The van der Waals surface area contributed by atoms with Crippen molar-refractivity contribution in [1.82, 2.24) is 5.32 Å². The molecular formula is C12H13ClF3NO3. The third-order valence-corrected chi connectivity index (χ3v) is 2.73. The average molecular weight is 313 g/mol. The smallest absolute Gasteiger partial charge is 0.345 e. The summed E-state index contributed by atoms with van der Waals surface area (Å²) in [5.41, 5.74) is -0.0222. The van der Waals surface area contributed by atoms with Crippen LogP contribution in [0.15, 0.2) is 12.1 Å². The Labute approximate surface area is 119 Å². The van der Waals surface area contributed by atoms with Crippen molar-refractivity contribution in [2.24, 2.45) is 0 Å². The number of benzene rings is 1. The lowest BCUT2D eigenvalue weighted by Crippen LogP contribution is -2.31. The molecular weight excluding hydrogens is 299 g/mol. The highest BCUT2D eigenvalue weighted by atomic mass is 35.5. The highest BCUT2D eigenvalue weighted by Gasteiger charge is 2.17. The summed E-state index contributed by atoms with van der Waals surface area (Å²) >= 11 is 5.76. The molecule has 0 saturated heterocycles. The van der Waals surface area contributed by atoms with Crippen LogP contribution < -0.4 is 5.32 Å². The Hall–Kier alpha value is -1.31. The standard InChI is InChI=1S/C12H13ClF3NO3/c1-6(17-11(19)5-20-12(15)16)8-2-7(14)3-10(13)9(8)4-18/h2-3,6,12,18H,4-5H2,1H3,(H,17,19)/t6-/m0/s1/i6D. The van der Waals surface area contributed by atoms with Crippen molar-refractivity contribution in [3.8, 4) is 0 Å². The van der Waals surface area contributed by atoms with Gasteiger partial charge in [0.2, 0.25) is 5.91 Å². The monoisotopic (exact) mass is 312 g/mol. The first kappa shape index (κ1) is 15.1. The number of aliphatic hydroxyl groups is 1. The summed E-state index contributed by atoms with van der Waals surface area (Å²) in [7, 11) is 0. The number of rotatable bonds is 6. The van der Waals surface area contributed by atoms with E-state index in [1.807, 2.05) is 0 Å². The summed E-state index contributed by atoms with van der Waals surface area (Å²) in [5.74, 6) is -1.75. The molecule has 112 valence electrons. The average Bonchev–Trinajstić information content (AvgIpc) is 2.35. The largest absolute Gasteiger partial charge is 0.392 e. The minimum atomic E-state index is -3.12. The molecule has 0 radical (unpaired) electrons. The zero-order valence-electron chi connectivity index (χ0n) is 11.4. The van der Waals surface area contributed by atoms with Gasteiger partial charge in [-0.25, -0.2) is 4.39 Å². The van der Waals surface area contributed by atoms with Gasteiger partial charge in [-0.15, -0.1) is 0 Å². The Kier molecular flexibility index (Phi) is 5.63. The number of amides is 1. The second-order valence-electron chi connectivity index (χ2n) is 3.82. The van der Waals surface area contributed by atoms with Gasteiger partial charge in [0.25, 0.3) is 0 Å².